The number of phenols is 1. The number of unbranched alkanes of at least 4 members (excludes halogenated alkanes) is 2. The van der Waals surface area contributed by atoms with Crippen LogP contribution in [0.5, 0.6) is 11.5 Å². The standard InChI is InChI=1S/C33H51NO4S2Si/c1-11-12-13-14-23-18-26(35)29(25-17-21(4)15-16-24(25)20(2)3)27(19-23)37-32(39)40-31-28(30(36)34-31)22(5)38-41(9,10)33(6,7)8/h17-19,22,24-25,28,31,35H,2,11-16H2,1,3-10H3,(H,34,36)/t22-,24+,25-,28+,31-/m1/s1. The number of thioether (sulfide) groups is 1. The number of thiocarbonyl (C=S) groups is 1. The lowest BCUT2D eigenvalue weighted by molar-refractivity contribution is -0.136. The van der Waals surface area contributed by atoms with Gasteiger partial charge in [-0.25, -0.2) is 0 Å². The molecule has 2 aliphatic rings. The number of β-lactam (4-membered cyclic amide) rings is 1. The van der Waals surface area contributed by atoms with Gasteiger partial charge in [0.15, 0.2) is 8.32 Å². The van der Waals surface area contributed by atoms with Crippen LogP contribution in [-0.4, -0.2) is 35.2 Å². The van der Waals surface area contributed by atoms with Crippen molar-refractivity contribution in [3.8, 4) is 11.5 Å². The maximum atomic E-state index is 12.6. The second-order valence-electron chi connectivity index (χ2n) is 13.5. The number of nitrogens with one attached hydrogen (secondary N) is 1. The Labute approximate surface area is 259 Å². The number of hydrogen-bond donors (Lipinski definition) is 2. The Morgan fingerprint density at radius 3 is 2.56 bits per heavy atom. The van der Waals surface area contributed by atoms with E-state index >= 15 is 0 Å². The van der Waals surface area contributed by atoms with E-state index in [-0.39, 0.29) is 45.9 Å². The van der Waals surface area contributed by atoms with Crippen LogP contribution in [0.4, 0.5) is 0 Å². The summed E-state index contributed by atoms with van der Waals surface area (Å²) in [6.07, 6.45) is 8.21. The zero-order valence-electron chi connectivity index (χ0n) is 26.6. The minimum Gasteiger partial charge on any atom is -0.507 e. The molecule has 5 atom stereocenters. The first kappa shape index (κ1) is 33.9. The molecule has 0 radical (unpaired) electrons. The van der Waals surface area contributed by atoms with E-state index in [1.54, 1.807) is 0 Å². The van der Waals surface area contributed by atoms with Gasteiger partial charge in [-0.05, 0) is 100 Å². The van der Waals surface area contributed by atoms with E-state index in [0.29, 0.717) is 10.1 Å². The lowest BCUT2D eigenvalue weighted by Crippen LogP contribution is -2.62. The summed E-state index contributed by atoms with van der Waals surface area (Å²) >= 11 is 7.11. The number of allylic oxidation sites excluding steroid dienone is 3. The average molecular weight is 618 g/mol. The summed E-state index contributed by atoms with van der Waals surface area (Å²) in [5.41, 5.74) is 4.21. The van der Waals surface area contributed by atoms with Gasteiger partial charge in [-0.3, -0.25) is 4.79 Å². The molecular weight excluding hydrogens is 567 g/mol. The van der Waals surface area contributed by atoms with Crippen LogP contribution >= 0.6 is 24.0 Å². The first-order valence-electron chi connectivity index (χ1n) is 15.1. The van der Waals surface area contributed by atoms with Crippen LogP contribution in [0.1, 0.15) is 97.6 Å². The molecule has 3 rings (SSSR count). The fourth-order valence-electron chi connectivity index (χ4n) is 5.58. The highest BCUT2D eigenvalue weighted by atomic mass is 32.2. The van der Waals surface area contributed by atoms with E-state index in [9.17, 15) is 9.90 Å². The third-order valence-electron chi connectivity index (χ3n) is 9.08. The molecule has 2 N–H and O–H groups in total. The quantitative estimate of drug-likeness (QED) is 0.0849. The first-order valence-corrected chi connectivity index (χ1v) is 19.3. The van der Waals surface area contributed by atoms with Gasteiger partial charge in [0.05, 0.1) is 17.4 Å². The highest BCUT2D eigenvalue weighted by Gasteiger charge is 2.48. The Balaban J connectivity index is 1.86. The number of carbonyl (C=O) groups excluding carboxylic acids is 1. The maximum absolute atomic E-state index is 12.6. The molecule has 0 aromatic heterocycles. The second-order valence-corrected chi connectivity index (χ2v) is 20.0. The number of carbonyl (C=O) groups is 1. The number of phenolic OH excluding ortho intramolecular Hbond substituents is 1. The molecule has 1 fully saturated rings. The Hall–Kier alpha value is -1.61. The third kappa shape index (κ3) is 8.27. The van der Waals surface area contributed by atoms with Gasteiger partial charge >= 0.3 is 0 Å². The summed E-state index contributed by atoms with van der Waals surface area (Å²) in [7, 11) is -2.04. The van der Waals surface area contributed by atoms with Gasteiger partial charge in [0.1, 0.15) is 11.5 Å². The minimum atomic E-state index is -2.04. The number of rotatable bonds is 11. The monoisotopic (exact) mass is 617 g/mol. The van der Waals surface area contributed by atoms with Crippen molar-refractivity contribution in [3.05, 3.63) is 47.1 Å². The Morgan fingerprint density at radius 2 is 1.98 bits per heavy atom. The van der Waals surface area contributed by atoms with Crippen LogP contribution in [0.2, 0.25) is 18.1 Å². The summed E-state index contributed by atoms with van der Waals surface area (Å²) in [6, 6.07) is 3.94. The SMILES string of the molecule is C=C(C)[C@@H]1CCC(C)=C[C@H]1c1c(O)cc(CCCCC)cc1OC(=S)S[C@H]1NC(=O)[C@@H]1[C@@H](C)O[Si](C)(C)C(C)(C)C. The van der Waals surface area contributed by atoms with Crippen molar-refractivity contribution in [1.29, 1.82) is 0 Å². The van der Waals surface area contributed by atoms with Gasteiger partial charge in [0, 0.05) is 11.5 Å². The number of ether oxygens (including phenoxy) is 1. The third-order valence-corrected chi connectivity index (χ3v) is 15.0. The van der Waals surface area contributed by atoms with E-state index in [1.165, 1.54) is 17.3 Å². The minimum absolute atomic E-state index is 0.0140. The van der Waals surface area contributed by atoms with Crippen molar-refractivity contribution in [2.75, 3.05) is 0 Å². The van der Waals surface area contributed by atoms with Gasteiger partial charge in [-0.15, -0.1) is 0 Å². The Kier molecular flexibility index (Phi) is 11.4. The number of amides is 1. The Bertz CT molecular complexity index is 1170. The van der Waals surface area contributed by atoms with Gasteiger partial charge < -0.3 is 19.6 Å². The largest absolute Gasteiger partial charge is 0.507 e. The van der Waals surface area contributed by atoms with E-state index in [1.807, 2.05) is 19.1 Å². The topological polar surface area (TPSA) is 67.8 Å². The van der Waals surface area contributed by atoms with Crippen molar-refractivity contribution in [3.63, 3.8) is 0 Å². The second kappa shape index (κ2) is 13.8. The molecule has 0 spiro atoms. The normalized spacial score (nSPS) is 23.7. The Morgan fingerprint density at radius 1 is 1.29 bits per heavy atom. The van der Waals surface area contributed by atoms with Crippen molar-refractivity contribution in [2.45, 2.75) is 123 Å². The highest BCUT2D eigenvalue weighted by molar-refractivity contribution is 8.23. The number of hydrogen-bond acceptors (Lipinski definition) is 6. The molecule has 0 bridgehead atoms. The van der Waals surface area contributed by atoms with Gasteiger partial charge in [-0.2, -0.15) is 0 Å². The van der Waals surface area contributed by atoms with Crippen molar-refractivity contribution < 1.29 is 19.1 Å². The first-order chi connectivity index (χ1) is 19.1. The van der Waals surface area contributed by atoms with Crippen LogP contribution in [-0.2, 0) is 15.6 Å². The van der Waals surface area contributed by atoms with E-state index in [2.05, 4.69) is 72.6 Å². The molecule has 1 aliphatic carbocycles. The summed E-state index contributed by atoms with van der Waals surface area (Å²) < 4.78 is 13.3. The predicted molar refractivity (Wildman–Crippen MR) is 179 cm³/mol. The molecule has 41 heavy (non-hydrogen) atoms. The van der Waals surface area contributed by atoms with Gasteiger partial charge in [0.25, 0.3) is 0 Å². The molecule has 0 saturated carbocycles. The van der Waals surface area contributed by atoms with Gasteiger partial charge in [0.2, 0.25) is 10.3 Å². The van der Waals surface area contributed by atoms with Crippen LogP contribution in [0, 0.1) is 11.8 Å². The molecule has 1 saturated heterocycles. The molecular formula is C33H51NO4S2Si. The molecule has 5 nitrogen and oxygen atoms in total. The highest BCUT2D eigenvalue weighted by Crippen LogP contribution is 2.48. The molecule has 1 aliphatic heterocycles. The zero-order chi connectivity index (χ0) is 30.7. The molecule has 0 unspecified atom stereocenters. The lowest BCUT2D eigenvalue weighted by atomic mass is 9.73. The molecule has 1 aromatic carbocycles. The molecule has 1 heterocycles. The summed E-state index contributed by atoms with van der Waals surface area (Å²) in [5.74, 6) is 0.699. The van der Waals surface area contributed by atoms with Crippen LogP contribution < -0.4 is 10.1 Å². The average Bonchev–Trinajstić information content (AvgIpc) is 2.82. The molecule has 1 aromatic rings. The smallest absolute Gasteiger partial charge is 0.229 e. The van der Waals surface area contributed by atoms with Crippen molar-refractivity contribution in [2.24, 2.45) is 11.8 Å². The zero-order valence-corrected chi connectivity index (χ0v) is 29.2. The van der Waals surface area contributed by atoms with Crippen LogP contribution in [0.15, 0.2) is 35.9 Å². The summed E-state index contributed by atoms with van der Waals surface area (Å²) in [4.78, 5) is 12.6. The fourth-order valence-corrected chi connectivity index (χ4v) is 8.42. The van der Waals surface area contributed by atoms with E-state index in [4.69, 9.17) is 21.4 Å². The number of benzene rings is 1. The van der Waals surface area contributed by atoms with Crippen molar-refractivity contribution in [1.82, 2.24) is 5.32 Å². The summed E-state index contributed by atoms with van der Waals surface area (Å²) in [5, 5.41) is 14.2. The van der Waals surface area contributed by atoms with Crippen molar-refractivity contribution >= 4 is 42.6 Å². The maximum Gasteiger partial charge on any atom is 0.229 e. The molecule has 228 valence electrons. The van der Waals surface area contributed by atoms with Crippen LogP contribution in [0.3, 0.4) is 0 Å². The number of aromatic hydroxyl groups is 1. The molecule has 8 heteroatoms. The van der Waals surface area contributed by atoms with Gasteiger partial charge in [-0.1, -0.05) is 76.1 Å². The van der Waals surface area contributed by atoms with E-state index < -0.39 is 8.32 Å². The summed E-state index contributed by atoms with van der Waals surface area (Å²) in [6.45, 7) is 23.7. The van der Waals surface area contributed by atoms with E-state index in [0.717, 1.165) is 55.2 Å². The predicted octanol–water partition coefficient (Wildman–Crippen LogP) is 9.02. The van der Waals surface area contributed by atoms with Crippen LogP contribution in [0.25, 0.3) is 0 Å². The molecule has 1 amide bonds. The fraction of sp³-hybridized carbons (Fsp3) is 0.636. The lowest BCUT2D eigenvalue weighted by Gasteiger charge is -2.44. The number of aryl methyl sites for hydroxylation is 1.